The third-order valence-corrected chi connectivity index (χ3v) is 1.41. The van der Waals surface area contributed by atoms with Crippen molar-refractivity contribution in [2.75, 3.05) is 12.8 Å². The van der Waals surface area contributed by atoms with E-state index in [2.05, 4.69) is 15.3 Å². The van der Waals surface area contributed by atoms with Gasteiger partial charge in [-0.1, -0.05) is 0 Å². The summed E-state index contributed by atoms with van der Waals surface area (Å²) in [5.74, 6) is -0.236. The zero-order chi connectivity index (χ0) is 9.68. The summed E-state index contributed by atoms with van der Waals surface area (Å²) < 4.78 is 0. The van der Waals surface area contributed by atoms with Gasteiger partial charge >= 0.3 is 0 Å². The average Bonchev–Trinajstić information content (AvgIpc) is 2.09. The predicted molar refractivity (Wildman–Crippen MR) is 47.5 cm³/mol. The maximum Gasteiger partial charge on any atom is 0.249 e. The molecule has 0 aliphatic rings. The first-order valence-electron chi connectivity index (χ1n) is 3.74. The van der Waals surface area contributed by atoms with E-state index in [0.29, 0.717) is 11.4 Å². The summed E-state index contributed by atoms with van der Waals surface area (Å²) in [4.78, 5) is 19.4. The van der Waals surface area contributed by atoms with Gasteiger partial charge < -0.3 is 5.73 Å². The van der Waals surface area contributed by atoms with E-state index in [-0.39, 0.29) is 12.3 Å². The van der Waals surface area contributed by atoms with Gasteiger partial charge in [0.2, 0.25) is 5.91 Å². The van der Waals surface area contributed by atoms with Gasteiger partial charge in [0.15, 0.2) is 0 Å². The topological polar surface area (TPSA) is 77.2 Å². The number of aromatic nitrogens is 1. The number of anilines is 1. The summed E-state index contributed by atoms with van der Waals surface area (Å²) in [6.45, 7) is 0. The molecular formula is C8H11N3O2. The van der Waals surface area contributed by atoms with Crippen molar-refractivity contribution in [3.05, 3.63) is 24.0 Å². The normalized spacial score (nSPS) is 9.62. The molecule has 0 aromatic carbocycles. The zero-order valence-electron chi connectivity index (χ0n) is 7.28. The van der Waals surface area contributed by atoms with Crippen LogP contribution in [0, 0.1) is 0 Å². The molecule has 0 saturated carbocycles. The third kappa shape index (κ3) is 3.08. The molecule has 1 aromatic heterocycles. The summed E-state index contributed by atoms with van der Waals surface area (Å²) in [7, 11) is 1.38. The Labute approximate surface area is 75.9 Å². The van der Waals surface area contributed by atoms with Crippen LogP contribution in [0.2, 0.25) is 0 Å². The van der Waals surface area contributed by atoms with Crippen LogP contribution in [0.1, 0.15) is 5.69 Å². The predicted octanol–water partition coefficient (Wildman–Crippen LogP) is -0.116. The zero-order valence-corrected chi connectivity index (χ0v) is 7.28. The number of nitrogen functional groups attached to an aromatic ring is 1. The fourth-order valence-corrected chi connectivity index (χ4v) is 0.855. The van der Waals surface area contributed by atoms with Crippen LogP contribution in [0.4, 0.5) is 5.69 Å². The molecule has 0 saturated heterocycles. The Morgan fingerprint density at radius 3 is 3.00 bits per heavy atom. The largest absolute Gasteiger partial charge is 0.397 e. The van der Waals surface area contributed by atoms with Crippen molar-refractivity contribution in [2.45, 2.75) is 6.42 Å². The second kappa shape index (κ2) is 4.42. The second-order valence-corrected chi connectivity index (χ2v) is 2.49. The second-order valence-electron chi connectivity index (χ2n) is 2.49. The van der Waals surface area contributed by atoms with Gasteiger partial charge in [-0.05, 0) is 12.1 Å². The molecule has 0 aliphatic carbocycles. The van der Waals surface area contributed by atoms with Gasteiger partial charge in [0.25, 0.3) is 0 Å². The summed E-state index contributed by atoms with van der Waals surface area (Å²) in [5, 5.41) is 0. The maximum absolute atomic E-state index is 11.0. The summed E-state index contributed by atoms with van der Waals surface area (Å²) in [5.41, 5.74) is 8.86. The lowest BCUT2D eigenvalue weighted by atomic mass is 10.2. The smallest absolute Gasteiger partial charge is 0.249 e. The molecule has 13 heavy (non-hydrogen) atoms. The van der Waals surface area contributed by atoms with Crippen molar-refractivity contribution in [1.29, 1.82) is 0 Å². The number of carbonyl (C=O) groups is 1. The molecular weight excluding hydrogens is 170 g/mol. The van der Waals surface area contributed by atoms with Crippen LogP contribution in [0.25, 0.3) is 0 Å². The van der Waals surface area contributed by atoms with E-state index in [1.165, 1.54) is 13.3 Å². The minimum Gasteiger partial charge on any atom is -0.397 e. The summed E-state index contributed by atoms with van der Waals surface area (Å²) >= 11 is 0. The first kappa shape index (κ1) is 9.47. The van der Waals surface area contributed by atoms with Gasteiger partial charge in [-0.3, -0.25) is 14.6 Å². The van der Waals surface area contributed by atoms with Crippen LogP contribution in [-0.4, -0.2) is 18.0 Å². The van der Waals surface area contributed by atoms with Crippen molar-refractivity contribution in [3.63, 3.8) is 0 Å². The Balaban J connectivity index is 2.54. The molecule has 1 heterocycles. The number of hydroxylamine groups is 1. The number of nitrogens with zero attached hydrogens (tertiary/aromatic N) is 1. The average molecular weight is 181 g/mol. The van der Waals surface area contributed by atoms with Gasteiger partial charge in [0, 0.05) is 5.69 Å². The minimum atomic E-state index is -0.236. The number of amides is 1. The highest BCUT2D eigenvalue weighted by Gasteiger charge is 2.02. The van der Waals surface area contributed by atoms with Crippen molar-refractivity contribution in [2.24, 2.45) is 0 Å². The molecule has 0 aliphatic heterocycles. The fourth-order valence-electron chi connectivity index (χ4n) is 0.855. The van der Waals surface area contributed by atoms with Gasteiger partial charge in [-0.15, -0.1) is 0 Å². The molecule has 1 aromatic rings. The van der Waals surface area contributed by atoms with E-state index < -0.39 is 0 Å². The van der Waals surface area contributed by atoms with E-state index in [1.807, 2.05) is 0 Å². The van der Waals surface area contributed by atoms with E-state index in [4.69, 9.17) is 5.73 Å². The number of nitrogens with one attached hydrogen (secondary N) is 1. The van der Waals surface area contributed by atoms with Crippen molar-refractivity contribution in [1.82, 2.24) is 10.5 Å². The molecule has 1 rings (SSSR count). The standard InChI is InChI=1S/C8H11N3O2/c1-13-11-8(12)4-7-3-2-6(9)5-10-7/h2-3,5H,4,9H2,1H3,(H,11,12). The lowest BCUT2D eigenvalue weighted by Gasteiger charge is -2.01. The van der Waals surface area contributed by atoms with E-state index >= 15 is 0 Å². The number of rotatable bonds is 3. The molecule has 70 valence electrons. The lowest BCUT2D eigenvalue weighted by molar-refractivity contribution is -0.130. The Morgan fingerprint density at radius 1 is 1.69 bits per heavy atom. The van der Waals surface area contributed by atoms with E-state index in [1.54, 1.807) is 12.1 Å². The van der Waals surface area contributed by atoms with Crippen LogP contribution < -0.4 is 11.2 Å². The van der Waals surface area contributed by atoms with Gasteiger partial charge in [0.05, 0.1) is 25.4 Å². The third-order valence-electron chi connectivity index (χ3n) is 1.41. The first-order chi connectivity index (χ1) is 6.22. The number of hydrogen-bond acceptors (Lipinski definition) is 4. The van der Waals surface area contributed by atoms with Crippen LogP contribution >= 0.6 is 0 Å². The Bertz CT molecular complexity index is 284. The highest BCUT2D eigenvalue weighted by molar-refractivity contribution is 5.77. The van der Waals surface area contributed by atoms with Crippen molar-refractivity contribution >= 4 is 11.6 Å². The number of pyridine rings is 1. The van der Waals surface area contributed by atoms with Gasteiger partial charge in [-0.25, -0.2) is 5.48 Å². The van der Waals surface area contributed by atoms with Crippen molar-refractivity contribution in [3.8, 4) is 0 Å². The molecule has 0 unspecified atom stereocenters. The molecule has 0 radical (unpaired) electrons. The number of carbonyl (C=O) groups excluding carboxylic acids is 1. The molecule has 0 atom stereocenters. The Kier molecular flexibility index (Phi) is 3.22. The molecule has 1 amide bonds. The first-order valence-corrected chi connectivity index (χ1v) is 3.74. The Morgan fingerprint density at radius 2 is 2.46 bits per heavy atom. The minimum absolute atomic E-state index is 0.189. The molecule has 0 bridgehead atoms. The summed E-state index contributed by atoms with van der Waals surface area (Å²) in [6.07, 6.45) is 1.70. The van der Waals surface area contributed by atoms with E-state index in [0.717, 1.165) is 0 Å². The molecule has 0 spiro atoms. The van der Waals surface area contributed by atoms with Gasteiger partial charge in [0.1, 0.15) is 0 Å². The monoisotopic (exact) mass is 181 g/mol. The van der Waals surface area contributed by atoms with Gasteiger partial charge in [-0.2, -0.15) is 0 Å². The molecule has 0 fully saturated rings. The molecule has 5 nitrogen and oxygen atoms in total. The SMILES string of the molecule is CONC(=O)Cc1ccc(N)cn1. The van der Waals surface area contributed by atoms with Crippen LogP contribution in [0.3, 0.4) is 0 Å². The van der Waals surface area contributed by atoms with Crippen LogP contribution in [0.15, 0.2) is 18.3 Å². The number of hydrogen-bond donors (Lipinski definition) is 2. The molecule has 3 N–H and O–H groups in total. The number of nitrogens with two attached hydrogens (primary N) is 1. The van der Waals surface area contributed by atoms with Crippen molar-refractivity contribution < 1.29 is 9.63 Å². The van der Waals surface area contributed by atoms with E-state index in [9.17, 15) is 4.79 Å². The highest BCUT2D eigenvalue weighted by Crippen LogP contribution is 2.01. The quantitative estimate of drug-likeness (QED) is 0.637. The van der Waals surface area contributed by atoms with Crippen LogP contribution in [0.5, 0.6) is 0 Å². The Hall–Kier alpha value is -1.62. The highest BCUT2D eigenvalue weighted by atomic mass is 16.6. The fraction of sp³-hybridized carbons (Fsp3) is 0.250. The lowest BCUT2D eigenvalue weighted by Crippen LogP contribution is -2.23. The van der Waals surface area contributed by atoms with Crippen LogP contribution in [-0.2, 0) is 16.1 Å². The summed E-state index contributed by atoms with van der Waals surface area (Å²) in [6, 6.07) is 3.40. The molecule has 5 heteroatoms. The maximum atomic E-state index is 11.0.